The van der Waals surface area contributed by atoms with Crippen molar-refractivity contribution in [2.24, 2.45) is 5.14 Å². The Morgan fingerprint density at radius 2 is 1.85 bits per heavy atom. The minimum Gasteiger partial charge on any atom is -0.398 e. The van der Waals surface area contributed by atoms with Gasteiger partial charge >= 0.3 is 0 Å². The maximum absolute atomic E-state index is 11.9. The molecule has 0 saturated heterocycles. The number of non-ortho nitro benzene ring substituents is 1. The first-order chi connectivity index (χ1) is 9.03. The van der Waals surface area contributed by atoms with Gasteiger partial charge in [0.2, 0.25) is 20.0 Å². The monoisotopic (exact) mass is 324 g/mol. The van der Waals surface area contributed by atoms with Gasteiger partial charge in [0, 0.05) is 18.7 Å². The van der Waals surface area contributed by atoms with Crippen LogP contribution in [0, 0.1) is 10.1 Å². The van der Waals surface area contributed by atoms with Gasteiger partial charge in [-0.05, 0) is 6.07 Å². The zero-order valence-electron chi connectivity index (χ0n) is 10.0. The quantitative estimate of drug-likeness (QED) is 0.332. The van der Waals surface area contributed by atoms with Crippen LogP contribution < -0.4 is 15.6 Å². The van der Waals surface area contributed by atoms with Crippen molar-refractivity contribution in [1.82, 2.24) is 4.72 Å². The molecule has 0 aliphatic heterocycles. The summed E-state index contributed by atoms with van der Waals surface area (Å²) in [6.45, 7) is -0.469. The van der Waals surface area contributed by atoms with Gasteiger partial charge < -0.3 is 5.73 Å². The van der Waals surface area contributed by atoms with E-state index in [2.05, 4.69) is 0 Å². The molecular formula is C8H12N4O6S2. The van der Waals surface area contributed by atoms with E-state index < -0.39 is 47.9 Å². The molecule has 5 N–H and O–H groups in total. The molecule has 0 amide bonds. The Hall–Kier alpha value is -1.76. The maximum Gasteiger partial charge on any atom is 0.270 e. The second-order valence-electron chi connectivity index (χ2n) is 3.74. The van der Waals surface area contributed by atoms with Crippen molar-refractivity contribution >= 4 is 31.4 Å². The number of anilines is 1. The second kappa shape index (κ2) is 5.70. The average molecular weight is 324 g/mol. The average Bonchev–Trinajstić information content (AvgIpc) is 2.26. The van der Waals surface area contributed by atoms with Crippen LogP contribution in [0.25, 0.3) is 0 Å². The standard InChI is InChI=1S/C8H12N4O6S2/c9-7-2-1-6(12(13)14)5-8(7)20(17,18)11-3-4-19(10,15)16/h1-2,5,11H,3-4,9H2,(H2,10,15,16). The Kier molecular flexibility index (Phi) is 4.65. The topological polar surface area (TPSA) is 175 Å². The molecule has 0 aliphatic carbocycles. The van der Waals surface area contributed by atoms with Crippen LogP contribution in [0.15, 0.2) is 23.1 Å². The summed E-state index contributed by atoms with van der Waals surface area (Å²) in [6.07, 6.45) is 0. The van der Waals surface area contributed by atoms with Crippen molar-refractivity contribution in [1.29, 1.82) is 0 Å². The van der Waals surface area contributed by atoms with Crippen molar-refractivity contribution in [2.45, 2.75) is 4.90 Å². The largest absolute Gasteiger partial charge is 0.398 e. The van der Waals surface area contributed by atoms with Gasteiger partial charge in [-0.25, -0.2) is 26.7 Å². The molecule has 0 aliphatic rings. The van der Waals surface area contributed by atoms with Gasteiger partial charge in [0.15, 0.2) is 0 Å². The van der Waals surface area contributed by atoms with Gasteiger partial charge in [0.25, 0.3) is 5.69 Å². The molecule has 1 rings (SSSR count). The number of sulfonamides is 2. The number of hydrogen-bond donors (Lipinski definition) is 3. The van der Waals surface area contributed by atoms with Crippen molar-refractivity contribution in [3.63, 3.8) is 0 Å². The summed E-state index contributed by atoms with van der Waals surface area (Å²) in [7, 11) is -8.00. The van der Waals surface area contributed by atoms with E-state index in [0.717, 1.165) is 18.2 Å². The van der Waals surface area contributed by atoms with Crippen molar-refractivity contribution in [3.8, 4) is 0 Å². The minimum atomic E-state index is -4.17. The second-order valence-corrected chi connectivity index (χ2v) is 7.21. The summed E-state index contributed by atoms with van der Waals surface area (Å²) >= 11 is 0. The molecule has 0 fully saturated rings. The number of nitrogens with zero attached hydrogens (tertiary/aromatic N) is 1. The van der Waals surface area contributed by atoms with E-state index in [0.29, 0.717) is 0 Å². The Labute approximate surface area is 115 Å². The number of nitrogen functional groups attached to an aromatic ring is 1. The first kappa shape index (κ1) is 16.3. The molecule has 0 atom stereocenters. The molecule has 20 heavy (non-hydrogen) atoms. The van der Waals surface area contributed by atoms with Crippen LogP contribution in [0.4, 0.5) is 11.4 Å². The van der Waals surface area contributed by atoms with E-state index in [1.54, 1.807) is 0 Å². The number of nitro groups is 1. The summed E-state index contributed by atoms with van der Waals surface area (Å²) in [5, 5.41) is 15.3. The Balaban J connectivity index is 3.03. The lowest BCUT2D eigenvalue weighted by molar-refractivity contribution is -0.385. The highest BCUT2D eigenvalue weighted by atomic mass is 32.2. The molecular weight excluding hydrogens is 312 g/mol. The molecule has 0 spiro atoms. The molecule has 0 unspecified atom stereocenters. The molecule has 0 saturated carbocycles. The van der Waals surface area contributed by atoms with Gasteiger partial charge in [-0.3, -0.25) is 10.1 Å². The van der Waals surface area contributed by atoms with Gasteiger partial charge in [0.1, 0.15) is 4.90 Å². The van der Waals surface area contributed by atoms with E-state index in [4.69, 9.17) is 10.9 Å². The molecule has 0 heterocycles. The van der Waals surface area contributed by atoms with Crippen LogP contribution >= 0.6 is 0 Å². The first-order valence-electron chi connectivity index (χ1n) is 5.07. The van der Waals surface area contributed by atoms with Gasteiger partial charge in [-0.15, -0.1) is 0 Å². The zero-order chi connectivity index (χ0) is 15.6. The smallest absolute Gasteiger partial charge is 0.270 e. The fourth-order valence-electron chi connectivity index (χ4n) is 1.27. The number of benzene rings is 1. The maximum atomic E-state index is 11.9. The van der Waals surface area contributed by atoms with Crippen molar-refractivity contribution in [2.75, 3.05) is 18.0 Å². The molecule has 1 aromatic carbocycles. The third-order valence-electron chi connectivity index (χ3n) is 2.18. The molecule has 0 radical (unpaired) electrons. The van der Waals surface area contributed by atoms with Crippen LogP contribution in [-0.2, 0) is 20.0 Å². The first-order valence-corrected chi connectivity index (χ1v) is 8.27. The highest BCUT2D eigenvalue weighted by Crippen LogP contribution is 2.23. The lowest BCUT2D eigenvalue weighted by atomic mass is 10.3. The van der Waals surface area contributed by atoms with Crippen molar-refractivity contribution in [3.05, 3.63) is 28.3 Å². The van der Waals surface area contributed by atoms with E-state index >= 15 is 0 Å². The number of rotatable bonds is 6. The normalized spacial score (nSPS) is 12.2. The summed E-state index contributed by atoms with van der Waals surface area (Å²) in [5.74, 6) is -0.610. The predicted octanol–water partition coefficient (Wildman–Crippen LogP) is -1.26. The Bertz CT molecular complexity index is 727. The zero-order valence-corrected chi connectivity index (χ0v) is 11.6. The summed E-state index contributed by atoms with van der Waals surface area (Å²) in [5.41, 5.74) is 4.80. The lowest BCUT2D eigenvalue weighted by Crippen LogP contribution is -2.31. The fraction of sp³-hybridized carbons (Fsp3) is 0.250. The molecule has 10 nitrogen and oxygen atoms in total. The predicted molar refractivity (Wildman–Crippen MR) is 70.7 cm³/mol. The third kappa shape index (κ3) is 4.41. The number of primary sulfonamides is 1. The van der Waals surface area contributed by atoms with Gasteiger partial charge in [-0.2, -0.15) is 0 Å². The lowest BCUT2D eigenvalue weighted by Gasteiger charge is -2.08. The summed E-state index contributed by atoms with van der Waals surface area (Å²) in [6, 6.07) is 2.92. The molecule has 1 aromatic rings. The number of nitrogens with two attached hydrogens (primary N) is 2. The van der Waals surface area contributed by atoms with E-state index in [9.17, 15) is 26.9 Å². The minimum absolute atomic E-state index is 0.196. The summed E-state index contributed by atoms with van der Waals surface area (Å²) in [4.78, 5) is 9.32. The molecule has 12 heteroatoms. The highest BCUT2D eigenvalue weighted by Gasteiger charge is 2.21. The molecule has 0 aromatic heterocycles. The Morgan fingerprint density at radius 3 is 2.35 bits per heavy atom. The van der Waals surface area contributed by atoms with Crippen LogP contribution in [0.2, 0.25) is 0 Å². The van der Waals surface area contributed by atoms with Crippen LogP contribution in [0.1, 0.15) is 0 Å². The van der Waals surface area contributed by atoms with Crippen LogP contribution in [0.3, 0.4) is 0 Å². The highest BCUT2D eigenvalue weighted by molar-refractivity contribution is 7.90. The summed E-state index contributed by atoms with van der Waals surface area (Å²) < 4.78 is 47.1. The van der Waals surface area contributed by atoms with Crippen molar-refractivity contribution < 1.29 is 21.8 Å². The molecule has 0 bridgehead atoms. The number of nitrogens with one attached hydrogen (secondary N) is 1. The number of hydrogen-bond acceptors (Lipinski definition) is 7. The van der Waals surface area contributed by atoms with E-state index in [1.165, 1.54) is 0 Å². The SMILES string of the molecule is Nc1ccc([N+](=O)[O-])cc1S(=O)(=O)NCCS(N)(=O)=O. The molecule has 112 valence electrons. The Morgan fingerprint density at radius 1 is 1.25 bits per heavy atom. The van der Waals surface area contributed by atoms with Crippen LogP contribution in [0.5, 0.6) is 0 Å². The van der Waals surface area contributed by atoms with E-state index in [1.807, 2.05) is 4.72 Å². The fourth-order valence-corrected chi connectivity index (χ4v) is 2.96. The van der Waals surface area contributed by atoms with Gasteiger partial charge in [0.05, 0.1) is 16.4 Å². The van der Waals surface area contributed by atoms with Gasteiger partial charge in [-0.1, -0.05) is 0 Å². The number of nitro benzene ring substituents is 1. The van der Waals surface area contributed by atoms with E-state index in [-0.39, 0.29) is 5.69 Å². The van der Waals surface area contributed by atoms with Crippen LogP contribution in [-0.4, -0.2) is 34.1 Å². The third-order valence-corrected chi connectivity index (χ3v) is 4.47.